The zero-order chi connectivity index (χ0) is 20.4. The van der Waals surface area contributed by atoms with Crippen LogP contribution in [0.15, 0.2) is 54.6 Å². The molecule has 0 radical (unpaired) electrons. The molecule has 2 saturated heterocycles. The summed E-state index contributed by atoms with van der Waals surface area (Å²) in [6.07, 6.45) is 3.33. The number of hydrogen-bond acceptors (Lipinski definition) is 3. The lowest BCUT2D eigenvalue weighted by Gasteiger charge is -2.50. The van der Waals surface area contributed by atoms with Gasteiger partial charge in [0.2, 0.25) is 0 Å². The number of piperidine rings is 1. The molecule has 3 atom stereocenters. The molecule has 2 heterocycles. The molecule has 1 spiro atoms. The molecule has 2 aliphatic rings. The Bertz CT molecular complexity index is 833. The van der Waals surface area contributed by atoms with Crippen LogP contribution in [0.2, 0.25) is 0 Å². The summed E-state index contributed by atoms with van der Waals surface area (Å²) in [6.45, 7) is 6.80. The molecule has 4 heteroatoms. The molecule has 2 aliphatic heterocycles. The normalized spacial score (nSPS) is 27.3. The molecule has 0 bridgehead atoms. The third kappa shape index (κ3) is 4.18. The van der Waals surface area contributed by atoms with Gasteiger partial charge in [0, 0.05) is 24.1 Å². The van der Waals surface area contributed by atoms with Crippen LogP contribution >= 0.6 is 0 Å². The predicted octanol–water partition coefficient (Wildman–Crippen LogP) is 5.05. The number of rotatable bonds is 3. The number of carbonyl (C=O) groups excluding carboxylic acids is 1. The highest BCUT2D eigenvalue weighted by molar-refractivity contribution is 5.94. The minimum atomic E-state index is 0.0328. The number of ether oxygens (including phenoxy) is 1. The fourth-order valence-corrected chi connectivity index (χ4v) is 5.08. The molecule has 0 unspecified atom stereocenters. The zero-order valence-electron chi connectivity index (χ0n) is 17.4. The molecule has 0 aromatic heterocycles. The van der Waals surface area contributed by atoms with E-state index in [-0.39, 0.29) is 23.2 Å². The summed E-state index contributed by atoms with van der Waals surface area (Å²) in [5, 5.41) is 9.51. The molecule has 0 aliphatic carbocycles. The van der Waals surface area contributed by atoms with Crippen molar-refractivity contribution in [2.45, 2.75) is 39.2 Å². The number of aromatic hydroxyl groups is 1. The van der Waals surface area contributed by atoms with Crippen molar-refractivity contribution in [2.24, 2.45) is 17.3 Å². The van der Waals surface area contributed by atoms with Gasteiger partial charge in [0.25, 0.3) is 5.91 Å². The minimum absolute atomic E-state index is 0.0328. The highest BCUT2D eigenvalue weighted by Crippen LogP contribution is 2.48. The average Bonchev–Trinajstić information content (AvgIpc) is 2.74. The Kier molecular flexibility index (Phi) is 5.64. The molecule has 154 valence electrons. The summed E-state index contributed by atoms with van der Waals surface area (Å²) in [5.41, 5.74) is 1.93. The van der Waals surface area contributed by atoms with Gasteiger partial charge in [-0.25, -0.2) is 0 Å². The first kappa shape index (κ1) is 20.0. The van der Waals surface area contributed by atoms with Crippen LogP contribution < -0.4 is 0 Å². The van der Waals surface area contributed by atoms with Gasteiger partial charge in [-0.2, -0.15) is 0 Å². The first-order valence-electron chi connectivity index (χ1n) is 10.7. The lowest BCUT2D eigenvalue weighted by molar-refractivity contribution is -0.130. The maximum Gasteiger partial charge on any atom is 0.253 e. The van der Waals surface area contributed by atoms with E-state index in [1.807, 2.05) is 11.0 Å². The molecule has 1 N–H and O–H groups in total. The Hall–Kier alpha value is -2.33. The van der Waals surface area contributed by atoms with E-state index in [1.165, 1.54) is 5.56 Å². The van der Waals surface area contributed by atoms with Crippen molar-refractivity contribution in [3.63, 3.8) is 0 Å². The van der Waals surface area contributed by atoms with Gasteiger partial charge in [-0.3, -0.25) is 4.79 Å². The summed E-state index contributed by atoms with van der Waals surface area (Å²) >= 11 is 0. The Morgan fingerprint density at radius 1 is 1.14 bits per heavy atom. The number of amides is 1. The second-order valence-corrected chi connectivity index (χ2v) is 9.13. The summed E-state index contributed by atoms with van der Waals surface area (Å²) in [5.74, 6) is 1.19. The van der Waals surface area contributed by atoms with Crippen molar-refractivity contribution < 1.29 is 14.6 Å². The average molecular weight is 394 g/mol. The van der Waals surface area contributed by atoms with Crippen LogP contribution in [0.25, 0.3) is 0 Å². The molecule has 2 aromatic rings. The molecular weight excluding hydrogens is 362 g/mol. The number of nitrogens with zero attached hydrogens (tertiary/aromatic N) is 1. The van der Waals surface area contributed by atoms with E-state index < -0.39 is 0 Å². The standard InChI is InChI=1S/C25H31NO3/c1-18(2)22-15-25(17-29-23(22)19-7-4-3-5-8-19)13-6-14-26(16-25)24(28)20-9-11-21(27)12-10-20/h3-5,7-12,18,22-23,27H,6,13-17H2,1-2H3/t22-,23-,25+/m0/s1. The number of benzene rings is 2. The number of hydrogen-bond donors (Lipinski definition) is 1. The van der Waals surface area contributed by atoms with Crippen molar-refractivity contribution in [1.29, 1.82) is 0 Å². The first-order chi connectivity index (χ1) is 14.0. The van der Waals surface area contributed by atoms with Gasteiger partial charge in [-0.05, 0) is 60.9 Å². The molecule has 4 rings (SSSR count). The molecule has 29 heavy (non-hydrogen) atoms. The van der Waals surface area contributed by atoms with Crippen LogP contribution in [-0.4, -0.2) is 35.6 Å². The summed E-state index contributed by atoms with van der Waals surface area (Å²) in [4.78, 5) is 15.0. The third-order valence-corrected chi connectivity index (χ3v) is 6.67. The van der Waals surface area contributed by atoms with Crippen LogP contribution in [-0.2, 0) is 4.74 Å². The SMILES string of the molecule is CC(C)[C@@H]1C[C@@]2(CCCN(C(=O)c3ccc(O)cc3)C2)CO[C@H]1c1ccccc1. The topological polar surface area (TPSA) is 49.8 Å². The lowest BCUT2D eigenvalue weighted by atomic mass is 9.67. The molecule has 2 fully saturated rings. The van der Waals surface area contributed by atoms with Crippen LogP contribution in [0.5, 0.6) is 5.75 Å². The van der Waals surface area contributed by atoms with Crippen LogP contribution in [0.3, 0.4) is 0 Å². The maximum atomic E-state index is 13.0. The molecule has 4 nitrogen and oxygen atoms in total. The Balaban J connectivity index is 1.52. The monoisotopic (exact) mass is 393 g/mol. The third-order valence-electron chi connectivity index (χ3n) is 6.67. The van der Waals surface area contributed by atoms with Crippen molar-refractivity contribution in [2.75, 3.05) is 19.7 Å². The molecule has 0 saturated carbocycles. The van der Waals surface area contributed by atoms with E-state index in [1.54, 1.807) is 24.3 Å². The van der Waals surface area contributed by atoms with Gasteiger partial charge < -0.3 is 14.7 Å². The van der Waals surface area contributed by atoms with Gasteiger partial charge >= 0.3 is 0 Å². The Morgan fingerprint density at radius 3 is 2.55 bits per heavy atom. The lowest BCUT2D eigenvalue weighted by Crippen LogP contribution is -2.52. The summed E-state index contributed by atoms with van der Waals surface area (Å²) in [6, 6.07) is 17.1. The Morgan fingerprint density at radius 2 is 1.86 bits per heavy atom. The van der Waals surface area contributed by atoms with Gasteiger partial charge in [0.1, 0.15) is 5.75 Å². The number of phenolic OH excluding ortho intramolecular Hbond substituents is 1. The van der Waals surface area contributed by atoms with Gasteiger partial charge in [-0.15, -0.1) is 0 Å². The molecule has 1 amide bonds. The van der Waals surface area contributed by atoms with Gasteiger partial charge in [0.05, 0.1) is 12.7 Å². The first-order valence-corrected chi connectivity index (χ1v) is 10.7. The smallest absolute Gasteiger partial charge is 0.253 e. The fraction of sp³-hybridized carbons (Fsp3) is 0.480. The number of carbonyl (C=O) groups is 1. The number of likely N-dealkylation sites (tertiary alicyclic amines) is 1. The van der Waals surface area contributed by atoms with Crippen molar-refractivity contribution in [3.8, 4) is 5.75 Å². The van der Waals surface area contributed by atoms with Crippen LogP contribution in [0.1, 0.15) is 55.1 Å². The summed E-state index contributed by atoms with van der Waals surface area (Å²) in [7, 11) is 0. The Labute approximate surface area is 173 Å². The predicted molar refractivity (Wildman–Crippen MR) is 114 cm³/mol. The van der Waals surface area contributed by atoms with E-state index in [2.05, 4.69) is 38.1 Å². The van der Waals surface area contributed by atoms with Gasteiger partial charge in [0.15, 0.2) is 0 Å². The molecular formula is C25H31NO3. The van der Waals surface area contributed by atoms with Crippen molar-refractivity contribution in [3.05, 3.63) is 65.7 Å². The second kappa shape index (κ2) is 8.19. The quantitative estimate of drug-likeness (QED) is 0.794. The zero-order valence-corrected chi connectivity index (χ0v) is 17.4. The number of phenols is 1. The summed E-state index contributed by atoms with van der Waals surface area (Å²) < 4.78 is 6.51. The van der Waals surface area contributed by atoms with E-state index in [4.69, 9.17) is 4.74 Å². The van der Waals surface area contributed by atoms with E-state index in [9.17, 15) is 9.90 Å². The highest BCUT2D eigenvalue weighted by atomic mass is 16.5. The van der Waals surface area contributed by atoms with E-state index in [0.717, 1.165) is 32.4 Å². The van der Waals surface area contributed by atoms with Crippen LogP contribution in [0.4, 0.5) is 0 Å². The van der Waals surface area contributed by atoms with Crippen LogP contribution in [0, 0.1) is 17.3 Å². The van der Waals surface area contributed by atoms with Crippen molar-refractivity contribution in [1.82, 2.24) is 4.90 Å². The molecule has 2 aromatic carbocycles. The van der Waals surface area contributed by atoms with Crippen molar-refractivity contribution >= 4 is 5.91 Å². The maximum absolute atomic E-state index is 13.0. The van der Waals surface area contributed by atoms with E-state index >= 15 is 0 Å². The minimum Gasteiger partial charge on any atom is -0.508 e. The van der Waals surface area contributed by atoms with Gasteiger partial charge in [-0.1, -0.05) is 44.2 Å². The van der Waals surface area contributed by atoms with E-state index in [0.29, 0.717) is 24.0 Å². The second-order valence-electron chi connectivity index (χ2n) is 9.13. The highest BCUT2D eigenvalue weighted by Gasteiger charge is 2.46. The fourth-order valence-electron chi connectivity index (χ4n) is 5.08. The largest absolute Gasteiger partial charge is 0.508 e.